The Morgan fingerprint density at radius 3 is 2.67 bits per heavy atom. The van der Waals surface area contributed by atoms with Gasteiger partial charge in [-0.25, -0.2) is 9.89 Å². The highest BCUT2D eigenvalue weighted by Gasteiger charge is 2.34. The van der Waals surface area contributed by atoms with Crippen molar-refractivity contribution < 1.29 is 19.4 Å². The molecule has 3 N–H and O–H groups in total. The lowest BCUT2D eigenvalue weighted by atomic mass is 10.2. The normalized spacial score (nSPS) is 22.7. The van der Waals surface area contributed by atoms with Gasteiger partial charge in [0, 0.05) is 6.07 Å². The number of carboxylic acids is 1. The molecule has 18 heavy (non-hydrogen) atoms. The fourth-order valence-electron chi connectivity index (χ4n) is 1.63. The summed E-state index contributed by atoms with van der Waals surface area (Å²) in [5, 5.41) is 16.9. The Hall–Kier alpha value is -2.22. The summed E-state index contributed by atoms with van der Waals surface area (Å²) < 4.78 is 5.07. The number of rotatable bonds is 3. The van der Waals surface area contributed by atoms with Gasteiger partial charge < -0.3 is 15.2 Å². The smallest absolute Gasteiger partial charge is 0.332 e. The van der Waals surface area contributed by atoms with Crippen molar-refractivity contribution in [3.8, 4) is 0 Å². The van der Waals surface area contributed by atoms with Crippen molar-refractivity contribution in [2.75, 3.05) is 5.32 Å². The number of hydrogen-bond acceptors (Lipinski definition) is 5. The summed E-state index contributed by atoms with van der Waals surface area (Å²) in [5.41, 5.74) is -0.379. The van der Waals surface area contributed by atoms with Crippen molar-refractivity contribution in [3.05, 3.63) is 22.5 Å². The average Bonchev–Trinajstić information content (AvgIpc) is 2.81. The molecule has 1 aliphatic rings. The maximum Gasteiger partial charge on any atom is 0.332 e. The van der Waals surface area contributed by atoms with Gasteiger partial charge in [0.2, 0.25) is 0 Å². The molecule has 0 saturated carbocycles. The third kappa shape index (κ3) is 2.72. The Bertz CT molecular complexity index is 506. The van der Waals surface area contributed by atoms with Crippen LogP contribution in [0.4, 0.5) is 5.82 Å². The number of carbonyl (C=O) groups excluding carboxylic acids is 1. The molecule has 8 nitrogen and oxygen atoms in total. The third-order valence-electron chi connectivity index (χ3n) is 2.52. The molecule has 0 aliphatic carbocycles. The highest BCUT2D eigenvalue weighted by molar-refractivity contribution is 5.93. The number of amides is 1. The van der Waals surface area contributed by atoms with Crippen LogP contribution in [0.1, 0.15) is 12.8 Å². The van der Waals surface area contributed by atoms with Crippen LogP contribution in [0.3, 0.4) is 0 Å². The Kier molecular flexibility index (Phi) is 3.38. The predicted octanol–water partition coefficient (Wildman–Crippen LogP) is -0.659. The van der Waals surface area contributed by atoms with Crippen LogP contribution in [0.25, 0.3) is 0 Å². The predicted molar refractivity (Wildman–Crippen MR) is 59.0 cm³/mol. The van der Waals surface area contributed by atoms with E-state index >= 15 is 0 Å². The minimum Gasteiger partial charge on any atom is -0.479 e. The van der Waals surface area contributed by atoms with Crippen LogP contribution < -0.4 is 10.9 Å². The second-order valence-corrected chi connectivity index (χ2v) is 3.82. The zero-order valence-electron chi connectivity index (χ0n) is 9.25. The van der Waals surface area contributed by atoms with Crippen LogP contribution in [0, 0.1) is 0 Å². The number of ether oxygens (including phenoxy) is 1. The van der Waals surface area contributed by atoms with Crippen LogP contribution in [-0.2, 0) is 14.3 Å². The van der Waals surface area contributed by atoms with Gasteiger partial charge >= 0.3 is 5.97 Å². The number of nitrogens with one attached hydrogen (secondary N) is 2. The molecule has 1 fully saturated rings. The lowest BCUT2D eigenvalue weighted by Gasteiger charge is -2.10. The largest absolute Gasteiger partial charge is 0.479 e. The number of nitrogens with zero attached hydrogens (tertiary/aromatic N) is 1. The SMILES string of the molecule is O=C(O)C1CCC(C(=O)Nc2ccc(=O)[nH]n2)O1. The van der Waals surface area contributed by atoms with Crippen molar-refractivity contribution in [1.82, 2.24) is 10.2 Å². The van der Waals surface area contributed by atoms with E-state index in [4.69, 9.17) is 9.84 Å². The van der Waals surface area contributed by atoms with E-state index in [1.807, 2.05) is 0 Å². The maximum atomic E-state index is 11.7. The van der Waals surface area contributed by atoms with Gasteiger partial charge in [-0.1, -0.05) is 0 Å². The molecule has 0 radical (unpaired) electrons. The molecule has 1 aromatic rings. The maximum absolute atomic E-state index is 11.7. The zero-order valence-corrected chi connectivity index (χ0v) is 9.25. The molecule has 2 atom stereocenters. The van der Waals surface area contributed by atoms with Gasteiger partial charge in [0.1, 0.15) is 6.10 Å². The number of anilines is 1. The van der Waals surface area contributed by atoms with Crippen molar-refractivity contribution in [2.24, 2.45) is 0 Å². The lowest BCUT2D eigenvalue weighted by Crippen LogP contribution is -2.30. The quantitative estimate of drug-likeness (QED) is 0.657. The number of carboxylic acid groups (broad SMARTS) is 1. The highest BCUT2D eigenvalue weighted by Crippen LogP contribution is 2.20. The number of carbonyl (C=O) groups is 2. The molecule has 96 valence electrons. The summed E-state index contributed by atoms with van der Waals surface area (Å²) in [7, 11) is 0. The van der Waals surface area contributed by atoms with Gasteiger partial charge in [-0.15, -0.1) is 0 Å². The second-order valence-electron chi connectivity index (χ2n) is 3.82. The van der Waals surface area contributed by atoms with Crippen molar-refractivity contribution >= 4 is 17.7 Å². The first-order valence-electron chi connectivity index (χ1n) is 5.31. The minimum absolute atomic E-state index is 0.182. The first-order chi connectivity index (χ1) is 8.56. The fraction of sp³-hybridized carbons (Fsp3) is 0.400. The Balaban J connectivity index is 1.95. The van der Waals surface area contributed by atoms with E-state index < -0.39 is 24.1 Å². The third-order valence-corrected chi connectivity index (χ3v) is 2.52. The Labute approximate surface area is 101 Å². The summed E-state index contributed by atoms with van der Waals surface area (Å²) in [6.07, 6.45) is -1.11. The van der Waals surface area contributed by atoms with Gasteiger partial charge in [-0.2, -0.15) is 5.10 Å². The fourth-order valence-corrected chi connectivity index (χ4v) is 1.63. The molecule has 0 aromatic carbocycles. The first kappa shape index (κ1) is 12.2. The summed E-state index contributed by atoms with van der Waals surface area (Å²) in [6, 6.07) is 2.57. The second kappa shape index (κ2) is 4.96. The van der Waals surface area contributed by atoms with Crippen LogP contribution in [-0.4, -0.2) is 39.4 Å². The molecule has 1 amide bonds. The molecule has 1 saturated heterocycles. The lowest BCUT2D eigenvalue weighted by molar-refractivity contribution is -0.150. The molecule has 2 rings (SSSR count). The zero-order chi connectivity index (χ0) is 13.1. The van der Waals surface area contributed by atoms with E-state index in [-0.39, 0.29) is 11.4 Å². The number of aromatic nitrogens is 2. The Morgan fingerprint density at radius 2 is 2.11 bits per heavy atom. The number of H-pyrrole nitrogens is 1. The topological polar surface area (TPSA) is 121 Å². The van der Waals surface area contributed by atoms with Crippen molar-refractivity contribution in [1.29, 1.82) is 0 Å². The van der Waals surface area contributed by atoms with Gasteiger partial charge in [0.05, 0.1) is 0 Å². The summed E-state index contributed by atoms with van der Waals surface area (Å²) in [6.45, 7) is 0. The summed E-state index contributed by atoms with van der Waals surface area (Å²) in [5.74, 6) is -1.37. The van der Waals surface area contributed by atoms with Gasteiger partial charge in [0.25, 0.3) is 11.5 Å². The molecule has 8 heteroatoms. The van der Waals surface area contributed by atoms with Crippen LogP contribution in [0.5, 0.6) is 0 Å². The van der Waals surface area contributed by atoms with Crippen LogP contribution in [0.2, 0.25) is 0 Å². The standard InChI is InChI=1S/C10H11N3O5/c14-8-4-3-7(12-13-8)11-9(15)5-1-2-6(18-5)10(16)17/h3-6H,1-2H2,(H,13,14)(H,16,17)(H,11,12,15). The molecule has 2 unspecified atom stereocenters. The monoisotopic (exact) mass is 253 g/mol. The molecular weight excluding hydrogens is 242 g/mol. The summed E-state index contributed by atoms with van der Waals surface area (Å²) >= 11 is 0. The highest BCUT2D eigenvalue weighted by atomic mass is 16.5. The molecule has 1 aliphatic heterocycles. The van der Waals surface area contributed by atoms with Gasteiger partial charge in [0.15, 0.2) is 11.9 Å². The van der Waals surface area contributed by atoms with Crippen LogP contribution >= 0.6 is 0 Å². The number of aromatic amines is 1. The molecule has 0 spiro atoms. The first-order valence-corrected chi connectivity index (χ1v) is 5.31. The minimum atomic E-state index is -1.08. The molecular formula is C10H11N3O5. The van der Waals surface area contributed by atoms with E-state index in [1.54, 1.807) is 0 Å². The van der Waals surface area contributed by atoms with E-state index in [2.05, 4.69) is 15.5 Å². The van der Waals surface area contributed by atoms with Crippen molar-refractivity contribution in [3.63, 3.8) is 0 Å². The van der Waals surface area contributed by atoms with Crippen LogP contribution in [0.15, 0.2) is 16.9 Å². The van der Waals surface area contributed by atoms with E-state index in [1.165, 1.54) is 12.1 Å². The van der Waals surface area contributed by atoms with E-state index in [0.717, 1.165) is 0 Å². The Morgan fingerprint density at radius 1 is 1.39 bits per heavy atom. The summed E-state index contributed by atoms with van der Waals surface area (Å²) in [4.78, 5) is 33.1. The number of aliphatic carboxylic acids is 1. The molecule has 0 bridgehead atoms. The van der Waals surface area contributed by atoms with Gasteiger partial charge in [-0.05, 0) is 18.9 Å². The van der Waals surface area contributed by atoms with E-state index in [0.29, 0.717) is 12.8 Å². The number of hydrogen-bond donors (Lipinski definition) is 3. The molecule has 2 heterocycles. The van der Waals surface area contributed by atoms with Crippen molar-refractivity contribution in [2.45, 2.75) is 25.0 Å². The van der Waals surface area contributed by atoms with E-state index in [9.17, 15) is 14.4 Å². The van der Waals surface area contributed by atoms with Gasteiger partial charge in [-0.3, -0.25) is 9.59 Å². The molecule has 1 aromatic heterocycles. The average molecular weight is 253 g/mol.